The molecule has 5 nitrogen and oxygen atoms in total. The lowest BCUT2D eigenvalue weighted by Gasteiger charge is -2.02. The van der Waals surface area contributed by atoms with Crippen molar-refractivity contribution in [3.05, 3.63) is 35.9 Å². The molecule has 0 aliphatic heterocycles. The molecule has 0 spiro atoms. The van der Waals surface area contributed by atoms with Crippen LogP contribution in [0.5, 0.6) is 0 Å². The van der Waals surface area contributed by atoms with E-state index >= 15 is 0 Å². The highest BCUT2D eigenvalue weighted by Gasteiger charge is 2.04. The van der Waals surface area contributed by atoms with E-state index in [-0.39, 0.29) is 5.95 Å². The van der Waals surface area contributed by atoms with E-state index in [4.69, 9.17) is 5.73 Å². The Hall–Kier alpha value is -1.69. The fourth-order valence-corrected chi connectivity index (χ4v) is 1.65. The van der Waals surface area contributed by atoms with Gasteiger partial charge in [-0.2, -0.15) is 9.97 Å². The summed E-state index contributed by atoms with van der Waals surface area (Å²) < 4.78 is 0. The van der Waals surface area contributed by atoms with Gasteiger partial charge in [-0.1, -0.05) is 17.8 Å². The molecule has 2 aromatic rings. The number of pyridine rings is 1. The highest BCUT2D eigenvalue weighted by molar-refractivity contribution is 7.98. The second-order valence-corrected chi connectivity index (χ2v) is 3.91. The summed E-state index contributed by atoms with van der Waals surface area (Å²) in [5, 5.41) is 0.645. The number of anilines is 1. The molecule has 0 radical (unpaired) electrons. The number of nitrogen functional groups attached to an aromatic ring is 1. The van der Waals surface area contributed by atoms with Gasteiger partial charge in [0.15, 0.2) is 5.16 Å². The standard InChI is InChI=1S/C10H11N5S/c1-16-10-14-8(13-9(11)15-10)5-7-3-2-4-12-6-7/h2-4,6H,5H2,1H3,(H2,11,13,14,15). The number of rotatable bonds is 3. The third-order valence-corrected chi connectivity index (χ3v) is 2.49. The Morgan fingerprint density at radius 2 is 2.19 bits per heavy atom. The normalized spacial score (nSPS) is 10.3. The maximum absolute atomic E-state index is 5.60. The largest absolute Gasteiger partial charge is 0.368 e. The van der Waals surface area contributed by atoms with E-state index in [9.17, 15) is 0 Å². The van der Waals surface area contributed by atoms with Crippen LogP contribution >= 0.6 is 11.8 Å². The van der Waals surface area contributed by atoms with Crippen molar-refractivity contribution in [3.63, 3.8) is 0 Å². The number of aromatic nitrogens is 4. The molecular weight excluding hydrogens is 222 g/mol. The Morgan fingerprint density at radius 1 is 1.31 bits per heavy atom. The fourth-order valence-electron chi connectivity index (χ4n) is 1.27. The average molecular weight is 233 g/mol. The zero-order valence-electron chi connectivity index (χ0n) is 8.79. The molecule has 2 aromatic heterocycles. The lowest BCUT2D eigenvalue weighted by atomic mass is 10.2. The van der Waals surface area contributed by atoms with Gasteiger partial charge in [-0.25, -0.2) is 4.98 Å². The van der Waals surface area contributed by atoms with E-state index in [0.29, 0.717) is 17.4 Å². The van der Waals surface area contributed by atoms with E-state index in [1.54, 1.807) is 12.4 Å². The molecule has 2 heterocycles. The molecule has 0 fully saturated rings. The third kappa shape index (κ3) is 2.66. The number of hydrogen-bond donors (Lipinski definition) is 1. The van der Waals surface area contributed by atoms with Crippen LogP contribution in [0.4, 0.5) is 5.95 Å². The summed E-state index contributed by atoms with van der Waals surface area (Å²) in [6.07, 6.45) is 6.05. The first-order chi connectivity index (χ1) is 7.78. The predicted molar refractivity (Wildman–Crippen MR) is 63.1 cm³/mol. The number of nitrogens with two attached hydrogens (primary N) is 1. The minimum absolute atomic E-state index is 0.262. The highest BCUT2D eigenvalue weighted by Crippen LogP contribution is 2.11. The van der Waals surface area contributed by atoms with Crippen LogP contribution in [0.1, 0.15) is 11.4 Å². The van der Waals surface area contributed by atoms with Crippen LogP contribution in [0.3, 0.4) is 0 Å². The minimum Gasteiger partial charge on any atom is -0.368 e. The van der Waals surface area contributed by atoms with Crippen molar-refractivity contribution in [3.8, 4) is 0 Å². The molecule has 0 unspecified atom stereocenters. The molecule has 2 N–H and O–H groups in total. The lowest BCUT2D eigenvalue weighted by Crippen LogP contribution is -2.05. The van der Waals surface area contributed by atoms with Crippen LogP contribution in [-0.2, 0) is 6.42 Å². The van der Waals surface area contributed by atoms with Crippen LogP contribution in [0.2, 0.25) is 0 Å². The zero-order valence-corrected chi connectivity index (χ0v) is 9.61. The van der Waals surface area contributed by atoms with Gasteiger partial charge in [-0.15, -0.1) is 0 Å². The summed E-state index contributed by atoms with van der Waals surface area (Å²) in [4.78, 5) is 16.4. The van der Waals surface area contributed by atoms with Gasteiger partial charge in [0.05, 0.1) is 0 Å². The molecule has 0 saturated heterocycles. The fraction of sp³-hybridized carbons (Fsp3) is 0.200. The summed E-state index contributed by atoms with van der Waals surface area (Å²) >= 11 is 1.45. The van der Waals surface area contributed by atoms with Gasteiger partial charge in [-0.3, -0.25) is 4.98 Å². The van der Waals surface area contributed by atoms with Crippen LogP contribution in [-0.4, -0.2) is 26.2 Å². The molecule has 0 aliphatic carbocycles. The SMILES string of the molecule is CSc1nc(N)nc(Cc2cccnc2)n1. The van der Waals surface area contributed by atoms with Gasteiger partial charge in [0, 0.05) is 18.8 Å². The van der Waals surface area contributed by atoms with Crippen LogP contribution in [0.25, 0.3) is 0 Å². The summed E-state index contributed by atoms with van der Waals surface area (Å²) in [6, 6.07) is 3.86. The number of hydrogen-bond acceptors (Lipinski definition) is 6. The first-order valence-electron chi connectivity index (χ1n) is 4.71. The first kappa shape index (κ1) is 10.8. The van der Waals surface area contributed by atoms with Crippen molar-refractivity contribution in [2.24, 2.45) is 0 Å². The van der Waals surface area contributed by atoms with E-state index in [2.05, 4.69) is 19.9 Å². The maximum atomic E-state index is 5.60. The molecule has 82 valence electrons. The summed E-state index contributed by atoms with van der Waals surface area (Å²) in [5.74, 6) is 0.933. The second-order valence-electron chi connectivity index (χ2n) is 3.13. The van der Waals surface area contributed by atoms with Gasteiger partial charge >= 0.3 is 0 Å². The van der Waals surface area contributed by atoms with E-state index in [1.165, 1.54) is 11.8 Å². The molecule has 0 atom stereocenters. The Balaban J connectivity index is 2.24. The zero-order chi connectivity index (χ0) is 11.4. The quantitative estimate of drug-likeness (QED) is 0.802. The Morgan fingerprint density at radius 3 is 2.88 bits per heavy atom. The molecule has 0 bridgehead atoms. The second kappa shape index (κ2) is 4.89. The van der Waals surface area contributed by atoms with Crippen molar-refractivity contribution in [2.75, 3.05) is 12.0 Å². The molecule has 6 heteroatoms. The smallest absolute Gasteiger partial charge is 0.224 e. The molecule has 0 aliphatic rings. The van der Waals surface area contributed by atoms with Crippen LogP contribution in [0, 0.1) is 0 Å². The summed E-state index contributed by atoms with van der Waals surface area (Å²) in [6.45, 7) is 0. The number of thioether (sulfide) groups is 1. The van der Waals surface area contributed by atoms with Crippen molar-refractivity contribution in [1.29, 1.82) is 0 Å². The van der Waals surface area contributed by atoms with Crippen LogP contribution in [0.15, 0.2) is 29.7 Å². The molecule has 2 rings (SSSR count). The average Bonchev–Trinajstić information content (AvgIpc) is 2.29. The Kier molecular flexibility index (Phi) is 3.31. The summed E-state index contributed by atoms with van der Waals surface area (Å²) in [7, 11) is 0. The Bertz CT molecular complexity index is 474. The van der Waals surface area contributed by atoms with Gasteiger partial charge in [-0.05, 0) is 17.9 Å². The molecular formula is C10H11N5S. The molecule has 0 saturated carbocycles. The maximum Gasteiger partial charge on any atom is 0.224 e. The monoisotopic (exact) mass is 233 g/mol. The topological polar surface area (TPSA) is 77.6 Å². The third-order valence-electron chi connectivity index (χ3n) is 1.95. The highest BCUT2D eigenvalue weighted by atomic mass is 32.2. The Labute approximate surface area is 97.6 Å². The predicted octanol–water partition coefficient (Wildman–Crippen LogP) is 1.16. The lowest BCUT2D eigenvalue weighted by molar-refractivity contribution is 0.838. The van der Waals surface area contributed by atoms with Crippen molar-refractivity contribution in [2.45, 2.75) is 11.6 Å². The van der Waals surface area contributed by atoms with Gasteiger partial charge in [0.25, 0.3) is 0 Å². The summed E-state index contributed by atoms with van der Waals surface area (Å²) in [5.41, 5.74) is 6.65. The molecule has 16 heavy (non-hydrogen) atoms. The number of nitrogens with zero attached hydrogens (tertiary/aromatic N) is 4. The van der Waals surface area contributed by atoms with Crippen LogP contribution < -0.4 is 5.73 Å². The van der Waals surface area contributed by atoms with E-state index < -0.39 is 0 Å². The molecule has 0 aromatic carbocycles. The molecule has 0 amide bonds. The van der Waals surface area contributed by atoms with E-state index in [0.717, 1.165) is 5.56 Å². The van der Waals surface area contributed by atoms with Gasteiger partial charge in [0.2, 0.25) is 5.95 Å². The van der Waals surface area contributed by atoms with E-state index in [1.807, 2.05) is 18.4 Å². The van der Waals surface area contributed by atoms with Crippen molar-refractivity contribution < 1.29 is 0 Å². The van der Waals surface area contributed by atoms with Gasteiger partial charge in [0.1, 0.15) is 5.82 Å². The minimum atomic E-state index is 0.262. The van der Waals surface area contributed by atoms with Crippen molar-refractivity contribution >= 4 is 17.7 Å². The van der Waals surface area contributed by atoms with Crippen molar-refractivity contribution in [1.82, 2.24) is 19.9 Å². The van der Waals surface area contributed by atoms with Gasteiger partial charge < -0.3 is 5.73 Å². The first-order valence-corrected chi connectivity index (χ1v) is 5.93.